The molecule has 2 heterocycles. The molecule has 0 aliphatic carbocycles. The van der Waals surface area contributed by atoms with Gasteiger partial charge in [-0.25, -0.2) is 4.39 Å². The Labute approximate surface area is 106 Å². The predicted octanol–water partition coefficient (Wildman–Crippen LogP) is 2.93. The molecule has 0 amide bonds. The number of nitrogens with one attached hydrogen (secondary N) is 1. The van der Waals surface area contributed by atoms with Gasteiger partial charge in [0.15, 0.2) is 6.17 Å². The van der Waals surface area contributed by atoms with E-state index in [0.29, 0.717) is 5.56 Å². The van der Waals surface area contributed by atoms with Crippen LogP contribution in [0.4, 0.5) is 10.1 Å². The first-order chi connectivity index (χ1) is 8.79. The van der Waals surface area contributed by atoms with E-state index in [1.54, 1.807) is 17.1 Å². The number of aromatic nitrogens is 2. The van der Waals surface area contributed by atoms with Crippen LogP contribution in [0.5, 0.6) is 0 Å². The van der Waals surface area contributed by atoms with Crippen molar-refractivity contribution in [2.45, 2.75) is 26.1 Å². The smallest absolute Gasteiger partial charge is 0.155 e. The second kappa shape index (κ2) is 4.44. The fourth-order valence-electron chi connectivity index (χ4n) is 2.44. The Balaban J connectivity index is 1.97. The van der Waals surface area contributed by atoms with Gasteiger partial charge in [-0.05, 0) is 18.9 Å². The first-order valence-electron chi connectivity index (χ1n) is 6.31. The molecule has 1 unspecified atom stereocenters. The van der Waals surface area contributed by atoms with E-state index in [9.17, 15) is 4.39 Å². The number of nitrogens with zero attached hydrogens (tertiary/aromatic N) is 2. The minimum atomic E-state index is -1.11. The highest BCUT2D eigenvalue weighted by atomic mass is 19.1. The monoisotopic (exact) mass is 245 g/mol. The average Bonchev–Trinajstić information content (AvgIpc) is 3.05. The molecule has 1 atom stereocenters. The summed E-state index contributed by atoms with van der Waals surface area (Å²) in [6.45, 7) is 3.65. The summed E-state index contributed by atoms with van der Waals surface area (Å²) in [7, 11) is 0. The number of halogens is 1. The lowest BCUT2D eigenvalue weighted by molar-refractivity contribution is 0.402. The van der Waals surface area contributed by atoms with Crippen LogP contribution >= 0.6 is 0 Å². The third-order valence-electron chi connectivity index (χ3n) is 3.42. The molecule has 0 saturated heterocycles. The van der Waals surface area contributed by atoms with Crippen LogP contribution in [0.15, 0.2) is 30.6 Å². The van der Waals surface area contributed by atoms with Crippen molar-refractivity contribution in [1.29, 1.82) is 0 Å². The van der Waals surface area contributed by atoms with Gasteiger partial charge in [-0.2, -0.15) is 5.10 Å². The van der Waals surface area contributed by atoms with Crippen molar-refractivity contribution >= 4 is 5.69 Å². The quantitative estimate of drug-likeness (QED) is 0.901. The second-order valence-corrected chi connectivity index (χ2v) is 4.55. The molecule has 2 aromatic rings. The van der Waals surface area contributed by atoms with Gasteiger partial charge < -0.3 is 5.32 Å². The Kier molecular flexibility index (Phi) is 2.78. The number of rotatable bonds is 3. The first kappa shape index (κ1) is 11.3. The summed E-state index contributed by atoms with van der Waals surface area (Å²) >= 11 is 0. The summed E-state index contributed by atoms with van der Waals surface area (Å²) in [6.07, 6.45) is 3.26. The van der Waals surface area contributed by atoms with Crippen LogP contribution in [0.2, 0.25) is 0 Å². The van der Waals surface area contributed by atoms with E-state index < -0.39 is 6.17 Å². The number of alkyl halides is 1. The number of hydrogen-bond donors (Lipinski definition) is 1. The van der Waals surface area contributed by atoms with E-state index >= 15 is 0 Å². The standard InChI is InChI=1S/C14H16FN3/c1-2-18-9-11(8-17-18)13(15)12-5-3-4-10-6-7-16-14(10)12/h3-5,8-9,13,16H,2,6-7H2,1H3. The molecule has 1 N–H and O–H groups in total. The number of anilines is 1. The fourth-order valence-corrected chi connectivity index (χ4v) is 2.44. The van der Waals surface area contributed by atoms with Gasteiger partial charge in [-0.1, -0.05) is 18.2 Å². The first-order valence-corrected chi connectivity index (χ1v) is 6.31. The normalized spacial score (nSPS) is 15.2. The van der Waals surface area contributed by atoms with Crippen LogP contribution in [-0.2, 0) is 13.0 Å². The zero-order valence-corrected chi connectivity index (χ0v) is 10.4. The molecular weight excluding hydrogens is 229 g/mol. The van der Waals surface area contributed by atoms with Crippen LogP contribution in [-0.4, -0.2) is 16.3 Å². The van der Waals surface area contributed by atoms with Gasteiger partial charge in [0.05, 0.1) is 6.20 Å². The molecule has 1 aliphatic rings. The molecule has 3 nitrogen and oxygen atoms in total. The van der Waals surface area contributed by atoms with Gasteiger partial charge in [0.2, 0.25) is 0 Å². The Hall–Kier alpha value is -1.84. The van der Waals surface area contributed by atoms with Crippen LogP contribution in [0.1, 0.15) is 29.8 Å². The second-order valence-electron chi connectivity index (χ2n) is 4.55. The van der Waals surface area contributed by atoms with E-state index in [1.807, 2.05) is 19.1 Å². The number of benzene rings is 1. The molecule has 0 bridgehead atoms. The molecule has 1 aromatic heterocycles. The van der Waals surface area contributed by atoms with Gasteiger partial charge in [-0.15, -0.1) is 0 Å². The van der Waals surface area contributed by atoms with Crippen LogP contribution in [0.3, 0.4) is 0 Å². The zero-order chi connectivity index (χ0) is 12.5. The highest BCUT2D eigenvalue weighted by molar-refractivity contribution is 5.63. The van der Waals surface area contributed by atoms with Gasteiger partial charge in [0.1, 0.15) is 0 Å². The highest BCUT2D eigenvalue weighted by Gasteiger charge is 2.22. The number of fused-ring (bicyclic) bond motifs is 1. The Morgan fingerprint density at radius 3 is 3.17 bits per heavy atom. The predicted molar refractivity (Wildman–Crippen MR) is 69.5 cm³/mol. The molecule has 3 rings (SSSR count). The number of aryl methyl sites for hydroxylation is 1. The van der Waals surface area contributed by atoms with Crippen molar-refractivity contribution < 1.29 is 4.39 Å². The summed E-state index contributed by atoms with van der Waals surface area (Å²) in [4.78, 5) is 0. The van der Waals surface area contributed by atoms with Crippen molar-refractivity contribution in [3.8, 4) is 0 Å². The van der Waals surface area contributed by atoms with Gasteiger partial charge in [-0.3, -0.25) is 4.68 Å². The van der Waals surface area contributed by atoms with E-state index in [2.05, 4.69) is 16.5 Å². The molecule has 0 fully saturated rings. The molecule has 0 spiro atoms. The summed E-state index contributed by atoms with van der Waals surface area (Å²) in [6, 6.07) is 5.84. The van der Waals surface area contributed by atoms with Crippen LogP contribution < -0.4 is 5.32 Å². The van der Waals surface area contributed by atoms with Crippen LogP contribution in [0.25, 0.3) is 0 Å². The van der Waals surface area contributed by atoms with E-state index in [-0.39, 0.29) is 0 Å². The minimum Gasteiger partial charge on any atom is -0.384 e. The molecule has 94 valence electrons. The van der Waals surface area contributed by atoms with E-state index in [4.69, 9.17) is 0 Å². The summed E-state index contributed by atoms with van der Waals surface area (Å²) in [5.74, 6) is 0. The fraction of sp³-hybridized carbons (Fsp3) is 0.357. The summed E-state index contributed by atoms with van der Waals surface area (Å²) in [5, 5.41) is 7.40. The van der Waals surface area contributed by atoms with Crippen molar-refractivity contribution in [3.63, 3.8) is 0 Å². The van der Waals surface area contributed by atoms with Crippen molar-refractivity contribution in [2.24, 2.45) is 0 Å². The topological polar surface area (TPSA) is 29.9 Å². The molecular formula is C14H16FN3. The Morgan fingerprint density at radius 2 is 2.39 bits per heavy atom. The maximum Gasteiger partial charge on any atom is 0.155 e. The van der Waals surface area contributed by atoms with Gasteiger partial charge in [0, 0.05) is 36.1 Å². The summed E-state index contributed by atoms with van der Waals surface area (Å²) < 4.78 is 16.3. The third-order valence-corrected chi connectivity index (χ3v) is 3.42. The minimum absolute atomic E-state index is 0.624. The lowest BCUT2D eigenvalue weighted by atomic mass is 10.0. The number of hydrogen-bond acceptors (Lipinski definition) is 2. The van der Waals surface area contributed by atoms with Gasteiger partial charge in [0.25, 0.3) is 0 Å². The zero-order valence-electron chi connectivity index (χ0n) is 10.4. The molecule has 0 radical (unpaired) electrons. The van der Waals surface area contributed by atoms with Crippen molar-refractivity contribution in [3.05, 3.63) is 47.3 Å². The third kappa shape index (κ3) is 1.78. The lowest BCUT2D eigenvalue weighted by Crippen LogP contribution is -2.00. The van der Waals surface area contributed by atoms with Crippen molar-refractivity contribution in [2.75, 3.05) is 11.9 Å². The maximum absolute atomic E-state index is 14.6. The molecule has 4 heteroatoms. The van der Waals surface area contributed by atoms with Gasteiger partial charge >= 0.3 is 0 Å². The number of para-hydroxylation sites is 1. The largest absolute Gasteiger partial charge is 0.384 e. The Bertz CT molecular complexity index is 562. The van der Waals surface area contributed by atoms with E-state index in [0.717, 1.165) is 30.8 Å². The molecule has 0 saturated carbocycles. The molecule has 18 heavy (non-hydrogen) atoms. The summed E-state index contributed by atoms with van der Waals surface area (Å²) in [5.41, 5.74) is 3.52. The average molecular weight is 245 g/mol. The molecule has 1 aliphatic heterocycles. The molecule has 1 aromatic carbocycles. The van der Waals surface area contributed by atoms with Crippen molar-refractivity contribution in [1.82, 2.24) is 9.78 Å². The SMILES string of the molecule is CCn1cc(C(F)c2cccc3c2NCC3)cn1. The lowest BCUT2D eigenvalue weighted by Gasteiger charge is -2.12. The van der Waals surface area contributed by atoms with Crippen LogP contribution in [0, 0.1) is 0 Å². The Morgan fingerprint density at radius 1 is 1.50 bits per heavy atom. The van der Waals surface area contributed by atoms with E-state index in [1.165, 1.54) is 5.56 Å². The highest BCUT2D eigenvalue weighted by Crippen LogP contribution is 2.35. The maximum atomic E-state index is 14.6.